The number of para-hydroxylation sites is 1. The third kappa shape index (κ3) is 4.43. The Labute approximate surface area is 185 Å². The van der Waals surface area contributed by atoms with Crippen LogP contribution in [-0.4, -0.2) is 47.0 Å². The van der Waals surface area contributed by atoms with Gasteiger partial charge in [-0.3, -0.25) is 9.59 Å². The number of carbonyl (C=O) groups excluding carboxylic acids is 3. The normalized spacial score (nSPS) is 20.6. The van der Waals surface area contributed by atoms with E-state index in [0.717, 1.165) is 10.5 Å². The van der Waals surface area contributed by atoms with Gasteiger partial charge in [-0.1, -0.05) is 41.9 Å². The summed E-state index contributed by atoms with van der Waals surface area (Å²) in [7, 11) is 0. The number of urea groups is 1. The van der Waals surface area contributed by atoms with Crippen LogP contribution in [0.25, 0.3) is 0 Å². The Morgan fingerprint density at radius 2 is 1.71 bits per heavy atom. The van der Waals surface area contributed by atoms with Gasteiger partial charge >= 0.3 is 6.03 Å². The van der Waals surface area contributed by atoms with E-state index in [0.29, 0.717) is 36.6 Å². The van der Waals surface area contributed by atoms with Crippen LogP contribution in [0.2, 0.25) is 5.02 Å². The van der Waals surface area contributed by atoms with E-state index >= 15 is 0 Å². The van der Waals surface area contributed by atoms with E-state index in [4.69, 9.17) is 11.6 Å². The lowest BCUT2D eigenvalue weighted by atomic mass is 9.84. The molecule has 162 valence electrons. The van der Waals surface area contributed by atoms with Gasteiger partial charge in [-0.15, -0.1) is 0 Å². The Kier molecular flexibility index (Phi) is 5.98. The fraction of sp³-hybridized carbons (Fsp3) is 0.348. The minimum atomic E-state index is -0.979. The molecular formula is C23H24ClN3O4. The molecule has 2 N–H and O–H groups in total. The Balaban J connectivity index is 1.30. The summed E-state index contributed by atoms with van der Waals surface area (Å²) in [6.07, 6.45) is 1.26. The summed E-state index contributed by atoms with van der Waals surface area (Å²) in [4.78, 5) is 40.4. The van der Waals surface area contributed by atoms with Gasteiger partial charge in [0.2, 0.25) is 5.91 Å². The molecule has 0 bridgehead atoms. The SMILES string of the molecule is O=C(CC[C@H]1NC(=O)N(c2ccccc2)C1=O)N1CCC(O)(c2ccc(Cl)cc2)CC1. The highest BCUT2D eigenvalue weighted by atomic mass is 35.5. The van der Waals surface area contributed by atoms with Crippen LogP contribution < -0.4 is 10.2 Å². The summed E-state index contributed by atoms with van der Waals surface area (Å²) in [6, 6.07) is 14.6. The lowest BCUT2D eigenvalue weighted by molar-refractivity contribution is -0.136. The smallest absolute Gasteiger partial charge is 0.329 e. The first-order chi connectivity index (χ1) is 14.9. The molecular weight excluding hydrogens is 418 g/mol. The highest BCUT2D eigenvalue weighted by Gasteiger charge is 2.40. The molecule has 2 fully saturated rings. The van der Waals surface area contributed by atoms with E-state index in [1.807, 2.05) is 18.2 Å². The first-order valence-corrected chi connectivity index (χ1v) is 10.7. The van der Waals surface area contributed by atoms with Crippen molar-refractivity contribution in [3.8, 4) is 0 Å². The van der Waals surface area contributed by atoms with E-state index in [1.165, 1.54) is 0 Å². The Morgan fingerprint density at radius 3 is 2.35 bits per heavy atom. The number of amides is 4. The van der Waals surface area contributed by atoms with Crippen LogP contribution >= 0.6 is 11.6 Å². The first kappa shape index (κ1) is 21.3. The number of hydrogen-bond acceptors (Lipinski definition) is 4. The van der Waals surface area contributed by atoms with Gasteiger partial charge < -0.3 is 15.3 Å². The number of imide groups is 1. The summed E-state index contributed by atoms with van der Waals surface area (Å²) in [5.74, 6) is -0.432. The van der Waals surface area contributed by atoms with Crippen molar-refractivity contribution in [1.82, 2.24) is 10.2 Å². The molecule has 31 heavy (non-hydrogen) atoms. The van der Waals surface area contributed by atoms with E-state index in [2.05, 4.69) is 5.32 Å². The molecule has 4 amide bonds. The molecule has 0 aliphatic carbocycles. The standard InChI is InChI=1S/C23H24ClN3O4/c24-17-8-6-16(7-9-17)23(31)12-14-26(15-13-23)20(28)11-10-19-21(29)27(22(30)25-19)18-4-2-1-3-5-18/h1-9,19,31H,10-15H2,(H,25,30)/t19-/m1/s1. The Morgan fingerprint density at radius 1 is 1.06 bits per heavy atom. The molecule has 4 rings (SSSR count). The molecule has 0 unspecified atom stereocenters. The third-order valence-electron chi connectivity index (χ3n) is 6.01. The maximum atomic E-state index is 12.7. The molecule has 0 spiro atoms. The zero-order valence-corrected chi connectivity index (χ0v) is 17.7. The van der Waals surface area contributed by atoms with Gasteiger partial charge in [0.15, 0.2) is 0 Å². The third-order valence-corrected chi connectivity index (χ3v) is 6.26. The topological polar surface area (TPSA) is 90.0 Å². The van der Waals surface area contributed by atoms with E-state index in [1.54, 1.807) is 41.3 Å². The number of anilines is 1. The molecule has 0 aromatic heterocycles. The number of nitrogens with one attached hydrogen (secondary N) is 1. The Bertz CT molecular complexity index is 972. The van der Waals surface area contributed by atoms with Crippen LogP contribution in [0, 0.1) is 0 Å². The van der Waals surface area contributed by atoms with Crippen molar-refractivity contribution >= 4 is 35.1 Å². The van der Waals surface area contributed by atoms with Crippen molar-refractivity contribution in [3.05, 3.63) is 65.2 Å². The molecule has 0 saturated carbocycles. The van der Waals surface area contributed by atoms with E-state index in [9.17, 15) is 19.5 Å². The first-order valence-electron chi connectivity index (χ1n) is 10.3. The van der Waals surface area contributed by atoms with Crippen LogP contribution in [-0.2, 0) is 15.2 Å². The number of aliphatic hydroxyl groups is 1. The average Bonchev–Trinajstić information content (AvgIpc) is 3.06. The van der Waals surface area contributed by atoms with Crippen molar-refractivity contribution in [2.45, 2.75) is 37.3 Å². The maximum Gasteiger partial charge on any atom is 0.329 e. The highest BCUT2D eigenvalue weighted by Crippen LogP contribution is 2.33. The minimum Gasteiger partial charge on any atom is -0.385 e. The van der Waals surface area contributed by atoms with Crippen LogP contribution in [0.1, 0.15) is 31.2 Å². The fourth-order valence-corrected chi connectivity index (χ4v) is 4.28. The second-order valence-corrected chi connectivity index (χ2v) is 8.41. The van der Waals surface area contributed by atoms with E-state index < -0.39 is 17.7 Å². The van der Waals surface area contributed by atoms with Crippen molar-refractivity contribution < 1.29 is 19.5 Å². The zero-order valence-electron chi connectivity index (χ0n) is 17.0. The number of piperidine rings is 1. The second kappa shape index (κ2) is 8.69. The summed E-state index contributed by atoms with van der Waals surface area (Å²) < 4.78 is 0. The fourth-order valence-electron chi connectivity index (χ4n) is 4.15. The van der Waals surface area contributed by atoms with Gasteiger partial charge in [-0.2, -0.15) is 0 Å². The van der Waals surface area contributed by atoms with Gasteiger partial charge in [-0.25, -0.2) is 9.69 Å². The number of carbonyl (C=O) groups is 3. The van der Waals surface area contributed by atoms with E-state index in [-0.39, 0.29) is 24.7 Å². The predicted octanol–water partition coefficient (Wildman–Crippen LogP) is 3.06. The van der Waals surface area contributed by atoms with Crippen molar-refractivity contribution in [3.63, 3.8) is 0 Å². The highest BCUT2D eigenvalue weighted by molar-refractivity contribution is 6.30. The van der Waals surface area contributed by atoms with Gasteiger partial charge in [0, 0.05) is 24.5 Å². The lowest BCUT2D eigenvalue weighted by Crippen LogP contribution is -2.45. The van der Waals surface area contributed by atoms with Gasteiger partial charge in [0.05, 0.1) is 11.3 Å². The summed E-state index contributed by atoms with van der Waals surface area (Å²) >= 11 is 5.92. The van der Waals surface area contributed by atoms with Crippen molar-refractivity contribution in [2.24, 2.45) is 0 Å². The van der Waals surface area contributed by atoms with Crippen LogP contribution in [0.3, 0.4) is 0 Å². The number of rotatable bonds is 5. The predicted molar refractivity (Wildman–Crippen MR) is 117 cm³/mol. The molecule has 1 atom stereocenters. The number of halogens is 1. The largest absolute Gasteiger partial charge is 0.385 e. The van der Waals surface area contributed by atoms with Crippen LogP contribution in [0.15, 0.2) is 54.6 Å². The number of nitrogens with zero attached hydrogens (tertiary/aromatic N) is 2. The molecule has 7 nitrogen and oxygen atoms in total. The molecule has 8 heteroatoms. The number of benzene rings is 2. The van der Waals surface area contributed by atoms with Crippen molar-refractivity contribution in [1.29, 1.82) is 0 Å². The molecule has 2 aliphatic rings. The van der Waals surface area contributed by atoms with Gasteiger partial charge in [-0.05, 0) is 49.1 Å². The lowest BCUT2D eigenvalue weighted by Gasteiger charge is -2.38. The zero-order chi connectivity index (χ0) is 22.0. The average molecular weight is 442 g/mol. The van der Waals surface area contributed by atoms with Crippen molar-refractivity contribution in [2.75, 3.05) is 18.0 Å². The van der Waals surface area contributed by atoms with Crippen LogP contribution in [0.5, 0.6) is 0 Å². The molecule has 2 aromatic rings. The summed E-state index contributed by atoms with van der Waals surface area (Å²) in [5.41, 5.74) is 0.327. The summed E-state index contributed by atoms with van der Waals surface area (Å²) in [5, 5.41) is 14.2. The van der Waals surface area contributed by atoms with Gasteiger partial charge in [0.1, 0.15) is 6.04 Å². The number of hydrogen-bond donors (Lipinski definition) is 2. The van der Waals surface area contributed by atoms with Crippen LogP contribution in [0.4, 0.5) is 10.5 Å². The summed E-state index contributed by atoms with van der Waals surface area (Å²) in [6.45, 7) is 0.859. The molecule has 2 aromatic carbocycles. The monoisotopic (exact) mass is 441 g/mol. The molecule has 2 heterocycles. The van der Waals surface area contributed by atoms with Gasteiger partial charge in [0.25, 0.3) is 5.91 Å². The molecule has 2 saturated heterocycles. The maximum absolute atomic E-state index is 12.7. The minimum absolute atomic E-state index is 0.0848. The number of likely N-dealkylation sites (tertiary alicyclic amines) is 1. The Hall–Kier alpha value is -2.90. The quantitative estimate of drug-likeness (QED) is 0.698. The molecule has 0 radical (unpaired) electrons. The molecule has 2 aliphatic heterocycles. The second-order valence-electron chi connectivity index (χ2n) is 7.97.